The van der Waals surface area contributed by atoms with Crippen molar-refractivity contribution in [3.05, 3.63) is 77.1 Å². The van der Waals surface area contributed by atoms with Crippen molar-refractivity contribution in [3.63, 3.8) is 0 Å². The van der Waals surface area contributed by atoms with Gasteiger partial charge in [-0.1, -0.05) is 61.3 Å². The van der Waals surface area contributed by atoms with E-state index in [1.165, 1.54) is 5.56 Å². The van der Waals surface area contributed by atoms with Gasteiger partial charge in [-0.3, -0.25) is 4.79 Å². The summed E-state index contributed by atoms with van der Waals surface area (Å²) < 4.78 is 2.24. The minimum Gasteiger partial charge on any atom is -0.338 e. The number of benzene rings is 2. The molecular formula is C27H32ClN3O. The average molecular weight is 450 g/mol. The van der Waals surface area contributed by atoms with E-state index in [1.54, 1.807) is 0 Å². The Balaban J connectivity index is 1.77. The van der Waals surface area contributed by atoms with Gasteiger partial charge in [0.2, 0.25) is 5.91 Å². The van der Waals surface area contributed by atoms with Crippen LogP contribution in [0.15, 0.2) is 60.9 Å². The Kier molecular flexibility index (Phi) is 6.17. The van der Waals surface area contributed by atoms with Crippen molar-refractivity contribution in [2.24, 2.45) is 0 Å². The molecule has 3 aromatic rings. The number of carbonyl (C=O) groups excluding carboxylic acids is 1. The molecular weight excluding hydrogens is 418 g/mol. The third-order valence-electron chi connectivity index (χ3n) is 6.53. The van der Waals surface area contributed by atoms with Crippen LogP contribution in [0.5, 0.6) is 0 Å². The Hall–Kier alpha value is -2.59. The van der Waals surface area contributed by atoms with Crippen molar-refractivity contribution in [3.8, 4) is 11.4 Å². The SMILES string of the molecule is CCCCN(C(=O)CCC1(c2ccc(Cl)cc2)c2ccccc2-c2nccn21)C(C)(C)C. The first-order valence-corrected chi connectivity index (χ1v) is 11.9. The summed E-state index contributed by atoms with van der Waals surface area (Å²) in [6.45, 7) is 9.31. The number of rotatable bonds is 7. The summed E-state index contributed by atoms with van der Waals surface area (Å²) in [4.78, 5) is 20.2. The van der Waals surface area contributed by atoms with Crippen molar-refractivity contribution in [2.45, 2.75) is 64.5 Å². The lowest BCUT2D eigenvalue weighted by atomic mass is 9.79. The van der Waals surface area contributed by atoms with E-state index >= 15 is 0 Å². The number of hydrogen-bond acceptors (Lipinski definition) is 2. The number of fused-ring (bicyclic) bond motifs is 3. The summed E-state index contributed by atoms with van der Waals surface area (Å²) in [5.74, 6) is 1.15. The van der Waals surface area contributed by atoms with Gasteiger partial charge in [-0.2, -0.15) is 0 Å². The molecule has 0 aliphatic carbocycles. The highest BCUT2D eigenvalue weighted by atomic mass is 35.5. The zero-order valence-corrected chi connectivity index (χ0v) is 20.2. The standard InChI is InChI=1S/C27H32ClN3O/c1-5-6-18-30(26(2,3)4)24(32)15-16-27(20-11-13-21(28)14-12-20)23-10-8-7-9-22(23)25-29-17-19-31(25)27/h7-14,17,19H,5-6,15-16,18H2,1-4H3. The lowest BCUT2D eigenvalue weighted by Gasteiger charge is -2.38. The van der Waals surface area contributed by atoms with Crippen molar-refractivity contribution in [1.82, 2.24) is 14.5 Å². The normalized spacial score (nSPS) is 17.2. The van der Waals surface area contributed by atoms with E-state index in [-0.39, 0.29) is 11.4 Å². The van der Waals surface area contributed by atoms with Gasteiger partial charge in [-0.25, -0.2) is 4.98 Å². The Morgan fingerprint density at radius 1 is 1.12 bits per heavy atom. The van der Waals surface area contributed by atoms with Gasteiger partial charge in [-0.15, -0.1) is 0 Å². The van der Waals surface area contributed by atoms with E-state index in [0.717, 1.165) is 36.3 Å². The zero-order valence-electron chi connectivity index (χ0n) is 19.4. The fourth-order valence-corrected chi connectivity index (χ4v) is 5.10. The molecule has 0 bridgehead atoms. The van der Waals surface area contributed by atoms with Crippen molar-refractivity contribution < 1.29 is 4.79 Å². The second-order valence-corrected chi connectivity index (χ2v) is 10.0. The summed E-state index contributed by atoms with van der Waals surface area (Å²) in [7, 11) is 0. The first kappa shape index (κ1) is 22.6. The molecule has 1 unspecified atom stereocenters. The molecule has 2 aromatic carbocycles. The Morgan fingerprint density at radius 3 is 2.53 bits per heavy atom. The number of halogens is 1. The zero-order chi connectivity index (χ0) is 22.9. The molecule has 4 rings (SSSR count). The van der Waals surface area contributed by atoms with Crippen LogP contribution in [0.3, 0.4) is 0 Å². The molecule has 5 heteroatoms. The van der Waals surface area contributed by atoms with Crippen molar-refractivity contribution >= 4 is 17.5 Å². The van der Waals surface area contributed by atoms with Crippen LogP contribution in [0.4, 0.5) is 0 Å². The van der Waals surface area contributed by atoms with Gasteiger partial charge < -0.3 is 9.47 Å². The predicted octanol–water partition coefficient (Wildman–Crippen LogP) is 6.52. The van der Waals surface area contributed by atoms with Gasteiger partial charge >= 0.3 is 0 Å². The largest absolute Gasteiger partial charge is 0.338 e. The topological polar surface area (TPSA) is 38.1 Å². The molecule has 1 aliphatic rings. The molecule has 0 saturated heterocycles. The Labute approximate surface area is 196 Å². The lowest BCUT2D eigenvalue weighted by Crippen LogP contribution is -2.47. The van der Waals surface area contributed by atoms with Gasteiger partial charge in [0.25, 0.3) is 0 Å². The summed E-state index contributed by atoms with van der Waals surface area (Å²) >= 11 is 6.23. The van der Waals surface area contributed by atoms with Crippen LogP contribution in [0.1, 0.15) is 64.5 Å². The minimum absolute atomic E-state index is 0.199. The smallest absolute Gasteiger partial charge is 0.223 e. The number of unbranched alkanes of at least 4 members (excludes halogenated alkanes) is 1. The van der Waals surface area contributed by atoms with Gasteiger partial charge in [-0.05, 0) is 56.9 Å². The summed E-state index contributed by atoms with van der Waals surface area (Å²) in [5.41, 5.74) is 2.74. The summed E-state index contributed by atoms with van der Waals surface area (Å²) in [6.07, 6.45) is 7.08. The highest BCUT2D eigenvalue weighted by molar-refractivity contribution is 6.30. The average Bonchev–Trinajstić information content (AvgIpc) is 3.34. The summed E-state index contributed by atoms with van der Waals surface area (Å²) in [5, 5.41) is 0.704. The molecule has 0 N–H and O–H groups in total. The second-order valence-electron chi connectivity index (χ2n) is 9.60. The maximum atomic E-state index is 13.5. The van der Waals surface area contributed by atoms with E-state index in [4.69, 9.17) is 11.6 Å². The minimum atomic E-state index is -0.489. The fraction of sp³-hybridized carbons (Fsp3) is 0.407. The molecule has 32 heavy (non-hydrogen) atoms. The third kappa shape index (κ3) is 3.86. The number of amides is 1. The highest BCUT2D eigenvalue weighted by Crippen LogP contribution is 2.49. The van der Waals surface area contributed by atoms with Crippen LogP contribution >= 0.6 is 11.6 Å². The van der Waals surface area contributed by atoms with Gasteiger partial charge in [0.15, 0.2) is 0 Å². The molecule has 1 aliphatic heterocycles. The molecule has 1 amide bonds. The summed E-state index contributed by atoms with van der Waals surface area (Å²) in [6, 6.07) is 16.4. The number of hydrogen-bond donors (Lipinski definition) is 0. The van der Waals surface area contributed by atoms with E-state index < -0.39 is 5.54 Å². The third-order valence-corrected chi connectivity index (χ3v) is 6.79. The predicted molar refractivity (Wildman–Crippen MR) is 131 cm³/mol. The fourth-order valence-electron chi connectivity index (χ4n) is 4.97. The number of aromatic nitrogens is 2. The van der Waals surface area contributed by atoms with Crippen LogP contribution in [-0.2, 0) is 10.3 Å². The molecule has 0 fully saturated rings. The molecule has 0 saturated carbocycles. The highest BCUT2D eigenvalue weighted by Gasteiger charge is 2.45. The van der Waals surface area contributed by atoms with Crippen LogP contribution < -0.4 is 0 Å². The molecule has 168 valence electrons. The first-order chi connectivity index (χ1) is 15.3. The van der Waals surface area contributed by atoms with Gasteiger partial charge in [0, 0.05) is 41.5 Å². The van der Waals surface area contributed by atoms with E-state index in [9.17, 15) is 4.79 Å². The lowest BCUT2D eigenvalue weighted by molar-refractivity contribution is -0.136. The van der Waals surface area contributed by atoms with E-state index in [1.807, 2.05) is 35.5 Å². The number of imidazole rings is 1. The number of nitrogens with zero attached hydrogens (tertiary/aromatic N) is 3. The maximum absolute atomic E-state index is 13.5. The van der Waals surface area contributed by atoms with Gasteiger partial charge in [0.05, 0.1) is 5.54 Å². The van der Waals surface area contributed by atoms with E-state index in [0.29, 0.717) is 17.9 Å². The molecule has 4 nitrogen and oxygen atoms in total. The first-order valence-electron chi connectivity index (χ1n) is 11.5. The quantitative estimate of drug-likeness (QED) is 0.412. The Bertz CT molecular complexity index is 1100. The molecule has 1 aromatic heterocycles. The molecule has 0 radical (unpaired) electrons. The van der Waals surface area contributed by atoms with Gasteiger partial charge in [0.1, 0.15) is 5.82 Å². The maximum Gasteiger partial charge on any atom is 0.223 e. The van der Waals surface area contributed by atoms with Crippen LogP contribution in [0.25, 0.3) is 11.4 Å². The monoisotopic (exact) mass is 449 g/mol. The van der Waals surface area contributed by atoms with E-state index in [2.05, 4.69) is 67.6 Å². The molecule has 0 spiro atoms. The van der Waals surface area contributed by atoms with Crippen molar-refractivity contribution in [2.75, 3.05) is 6.54 Å². The number of carbonyl (C=O) groups is 1. The van der Waals surface area contributed by atoms with Crippen LogP contribution in [-0.4, -0.2) is 32.4 Å². The Morgan fingerprint density at radius 2 is 1.84 bits per heavy atom. The van der Waals surface area contributed by atoms with Crippen LogP contribution in [0.2, 0.25) is 5.02 Å². The second kappa shape index (κ2) is 8.74. The molecule has 1 atom stereocenters. The van der Waals surface area contributed by atoms with Crippen molar-refractivity contribution in [1.29, 1.82) is 0 Å². The van der Waals surface area contributed by atoms with Crippen LogP contribution in [0, 0.1) is 0 Å². The molecule has 2 heterocycles.